The zero-order valence-electron chi connectivity index (χ0n) is 39.0. The molecule has 4 aliphatic rings. The summed E-state index contributed by atoms with van der Waals surface area (Å²) in [5, 5.41) is 0. The summed E-state index contributed by atoms with van der Waals surface area (Å²) in [4.78, 5) is 7.88. The number of hydrogen-bond donors (Lipinski definition) is 0. The molecule has 8 aromatic carbocycles. The number of rotatable bonds is 11. The number of hydrogen-bond acceptors (Lipinski definition) is 3. The molecule has 67 heavy (non-hydrogen) atoms. The fourth-order valence-corrected chi connectivity index (χ4v) is 12.7. The molecule has 0 heterocycles. The molecule has 0 radical (unpaired) electrons. The molecule has 0 bridgehead atoms. The number of para-hydroxylation sites is 4. The quantitative estimate of drug-likeness (QED) is 0.128. The minimum absolute atomic E-state index is 0.463. The van der Waals surface area contributed by atoms with E-state index < -0.39 is 5.41 Å². The highest BCUT2D eigenvalue weighted by Crippen LogP contribution is 2.64. The van der Waals surface area contributed by atoms with Crippen molar-refractivity contribution >= 4 is 34.1 Å². The SMILES string of the molecule is Cc1ccc2c(c1)C1(c3cc(CCN(c4ccccc4)c4ccccc4)ccc3-c3ccc(N(c4ccccc4)C4CCCCC4)cc31)c1cc(N(c3ccccc3)C3CCCCC3)ccc1-2. The van der Waals surface area contributed by atoms with E-state index in [2.05, 4.69) is 216 Å². The van der Waals surface area contributed by atoms with E-state index in [1.54, 1.807) is 0 Å². The summed E-state index contributed by atoms with van der Waals surface area (Å²) in [7, 11) is 0. The van der Waals surface area contributed by atoms with Gasteiger partial charge in [0, 0.05) is 52.8 Å². The lowest BCUT2D eigenvalue weighted by molar-refractivity contribution is 0.436. The van der Waals surface area contributed by atoms with Crippen LogP contribution in [0.2, 0.25) is 0 Å². The van der Waals surface area contributed by atoms with E-state index >= 15 is 0 Å². The molecule has 0 amide bonds. The number of benzene rings is 8. The van der Waals surface area contributed by atoms with Crippen molar-refractivity contribution in [3.05, 3.63) is 228 Å². The van der Waals surface area contributed by atoms with Crippen LogP contribution in [0.3, 0.4) is 0 Å². The first-order valence-electron chi connectivity index (χ1n) is 25.3. The fraction of sp³-hybridized carbons (Fsp3) is 0.250. The Kier molecular flexibility index (Phi) is 11.0. The lowest BCUT2D eigenvalue weighted by Gasteiger charge is -2.38. The Labute approximate surface area is 398 Å². The molecule has 3 heteroatoms. The van der Waals surface area contributed by atoms with Crippen LogP contribution in [0.5, 0.6) is 0 Å². The van der Waals surface area contributed by atoms with Gasteiger partial charge in [-0.25, -0.2) is 0 Å². The minimum atomic E-state index is -0.508. The van der Waals surface area contributed by atoms with Gasteiger partial charge in [-0.2, -0.15) is 0 Å². The average Bonchev–Trinajstić information content (AvgIpc) is 3.84. The van der Waals surface area contributed by atoms with Crippen molar-refractivity contribution < 1.29 is 0 Å². The van der Waals surface area contributed by atoms with E-state index in [-0.39, 0.29) is 0 Å². The maximum atomic E-state index is 2.70. The zero-order valence-corrected chi connectivity index (χ0v) is 39.0. The lowest BCUT2D eigenvalue weighted by Crippen LogP contribution is -2.34. The average molecular weight is 872 g/mol. The molecule has 4 aliphatic carbocycles. The molecule has 3 nitrogen and oxygen atoms in total. The van der Waals surface area contributed by atoms with Gasteiger partial charge in [-0.15, -0.1) is 0 Å². The molecule has 332 valence electrons. The van der Waals surface area contributed by atoms with Crippen molar-refractivity contribution in [1.82, 2.24) is 0 Å². The van der Waals surface area contributed by atoms with Gasteiger partial charge in [0.1, 0.15) is 0 Å². The van der Waals surface area contributed by atoms with Gasteiger partial charge in [-0.3, -0.25) is 0 Å². The molecule has 1 spiro atoms. The Morgan fingerprint density at radius 2 is 0.761 bits per heavy atom. The first-order chi connectivity index (χ1) is 33.1. The van der Waals surface area contributed by atoms with Crippen molar-refractivity contribution in [3.8, 4) is 22.3 Å². The normalized spacial score (nSPS) is 17.4. The van der Waals surface area contributed by atoms with E-state index in [0.717, 1.165) is 13.0 Å². The Morgan fingerprint density at radius 3 is 1.22 bits per heavy atom. The summed E-state index contributed by atoms with van der Waals surface area (Å²) in [6.45, 7) is 3.16. The summed E-state index contributed by atoms with van der Waals surface area (Å²) < 4.78 is 0. The number of fused-ring (bicyclic) bond motifs is 10. The van der Waals surface area contributed by atoms with E-state index in [4.69, 9.17) is 0 Å². The summed E-state index contributed by atoms with van der Waals surface area (Å²) in [6.07, 6.45) is 13.6. The topological polar surface area (TPSA) is 9.72 Å². The maximum Gasteiger partial charge on any atom is 0.0727 e. The highest BCUT2D eigenvalue weighted by Gasteiger charge is 2.52. The van der Waals surface area contributed by atoms with E-state index in [0.29, 0.717) is 12.1 Å². The molecule has 0 aromatic heterocycles. The first kappa shape index (κ1) is 41.6. The van der Waals surface area contributed by atoms with Crippen LogP contribution in [0.15, 0.2) is 194 Å². The Bertz CT molecular complexity index is 2890. The van der Waals surface area contributed by atoms with Crippen molar-refractivity contribution in [3.63, 3.8) is 0 Å². The van der Waals surface area contributed by atoms with Gasteiger partial charge in [0.05, 0.1) is 5.41 Å². The van der Waals surface area contributed by atoms with Gasteiger partial charge in [0.25, 0.3) is 0 Å². The number of aryl methyl sites for hydroxylation is 1. The van der Waals surface area contributed by atoms with Gasteiger partial charge < -0.3 is 14.7 Å². The Morgan fingerprint density at radius 1 is 0.373 bits per heavy atom. The summed E-state index contributed by atoms with van der Waals surface area (Å²) >= 11 is 0. The molecular formula is C64H61N3. The molecule has 0 saturated heterocycles. The molecule has 1 atom stereocenters. The fourth-order valence-electron chi connectivity index (χ4n) is 12.7. The third-order valence-corrected chi connectivity index (χ3v) is 15.7. The monoisotopic (exact) mass is 871 g/mol. The second kappa shape index (κ2) is 17.8. The smallest absolute Gasteiger partial charge is 0.0727 e. The maximum absolute atomic E-state index is 2.70. The van der Waals surface area contributed by atoms with Crippen LogP contribution in [-0.4, -0.2) is 18.6 Å². The third-order valence-electron chi connectivity index (χ3n) is 15.7. The highest BCUT2D eigenvalue weighted by molar-refractivity contribution is 5.97. The second-order valence-electron chi connectivity index (χ2n) is 19.7. The van der Waals surface area contributed by atoms with Crippen LogP contribution in [0.25, 0.3) is 22.3 Å². The molecule has 0 aliphatic heterocycles. The van der Waals surface area contributed by atoms with Crippen LogP contribution in [0, 0.1) is 6.92 Å². The van der Waals surface area contributed by atoms with Crippen molar-refractivity contribution in [1.29, 1.82) is 0 Å². The third kappa shape index (κ3) is 7.35. The minimum Gasteiger partial charge on any atom is -0.341 e. The van der Waals surface area contributed by atoms with Gasteiger partial charge >= 0.3 is 0 Å². The van der Waals surface area contributed by atoms with Crippen molar-refractivity contribution in [2.75, 3.05) is 21.2 Å². The molecular weight excluding hydrogens is 811 g/mol. The summed E-state index contributed by atoms with van der Waals surface area (Å²) in [6, 6.07) is 75.1. The van der Waals surface area contributed by atoms with Crippen LogP contribution in [0.1, 0.15) is 97.6 Å². The molecule has 1 unspecified atom stereocenters. The predicted octanol–water partition coefficient (Wildman–Crippen LogP) is 16.7. The Hall–Kier alpha value is -6.84. The highest BCUT2D eigenvalue weighted by atomic mass is 15.2. The van der Waals surface area contributed by atoms with E-state index in [1.807, 2.05) is 0 Å². The molecule has 8 aromatic rings. The first-order valence-corrected chi connectivity index (χ1v) is 25.3. The van der Waals surface area contributed by atoms with Gasteiger partial charge in [-0.1, -0.05) is 165 Å². The zero-order chi connectivity index (χ0) is 44.7. The lowest BCUT2D eigenvalue weighted by atomic mass is 9.70. The van der Waals surface area contributed by atoms with Crippen LogP contribution in [0.4, 0.5) is 34.1 Å². The van der Waals surface area contributed by atoms with E-state index in [9.17, 15) is 0 Å². The van der Waals surface area contributed by atoms with Gasteiger partial charge in [0.2, 0.25) is 0 Å². The number of anilines is 6. The van der Waals surface area contributed by atoms with Crippen LogP contribution >= 0.6 is 0 Å². The predicted molar refractivity (Wildman–Crippen MR) is 282 cm³/mol. The number of nitrogens with zero attached hydrogens (tertiary/aromatic N) is 3. The van der Waals surface area contributed by atoms with Crippen LogP contribution < -0.4 is 14.7 Å². The molecule has 2 saturated carbocycles. The molecule has 2 fully saturated rings. The standard InChI is InChI=1S/C64H61N3/c1-46-32-36-56-58-38-34-54(66(50-24-12-4-13-25-50)51-26-14-5-15-27-51)44-62(58)64(60(56)42-46)61-43-47(40-41-65(48-20-8-2-9-21-48)49-22-10-3-11-23-49)33-37-57(61)59-39-35-55(45-63(59)64)67(52-28-16-6-17-29-52)53-30-18-7-19-31-53/h2-4,6,8-13,16-17,20-25,28-29,32-39,42-45,51,53H,5,7,14-15,18-19,26-27,30-31,40-41H2,1H3. The largest absolute Gasteiger partial charge is 0.341 e. The molecule has 12 rings (SSSR count). The van der Waals surface area contributed by atoms with Gasteiger partial charge in [0.15, 0.2) is 0 Å². The summed E-state index contributed by atoms with van der Waals surface area (Å²) in [5.41, 5.74) is 20.9. The Balaban J connectivity index is 1.07. The van der Waals surface area contributed by atoms with Crippen LogP contribution in [-0.2, 0) is 11.8 Å². The second-order valence-corrected chi connectivity index (χ2v) is 19.7. The van der Waals surface area contributed by atoms with E-state index in [1.165, 1.54) is 154 Å². The molecule has 0 N–H and O–H groups in total. The summed E-state index contributed by atoms with van der Waals surface area (Å²) in [5.74, 6) is 0. The van der Waals surface area contributed by atoms with Crippen molar-refractivity contribution in [2.24, 2.45) is 0 Å². The van der Waals surface area contributed by atoms with Gasteiger partial charge in [-0.05, 0) is 162 Å². The van der Waals surface area contributed by atoms with Crippen molar-refractivity contribution in [2.45, 2.75) is 95.1 Å².